The number of aliphatic imine (C=N–C) groups is 1. The van der Waals surface area contributed by atoms with E-state index >= 15 is 0 Å². The second-order valence-corrected chi connectivity index (χ2v) is 5.20. The van der Waals surface area contributed by atoms with Gasteiger partial charge in [-0.2, -0.15) is 0 Å². The number of methoxy groups -OCH3 is 1. The van der Waals surface area contributed by atoms with Gasteiger partial charge in [0.05, 0.1) is 17.7 Å². The first-order valence-electron chi connectivity index (χ1n) is 6.65. The van der Waals surface area contributed by atoms with Crippen LogP contribution in [0, 0.1) is 0 Å². The van der Waals surface area contributed by atoms with Gasteiger partial charge in [-0.25, -0.2) is 0 Å². The van der Waals surface area contributed by atoms with E-state index in [1.54, 1.807) is 7.11 Å². The van der Waals surface area contributed by atoms with Crippen LogP contribution in [0.4, 0.5) is 0 Å². The lowest BCUT2D eigenvalue weighted by molar-refractivity contribution is 0.146. The molecule has 1 aromatic carbocycles. The minimum absolute atomic E-state index is 0.348. The minimum Gasteiger partial charge on any atom is -0.490 e. The van der Waals surface area contributed by atoms with E-state index < -0.39 is 0 Å². The number of hydrogen-bond donors (Lipinski definition) is 0. The Morgan fingerprint density at radius 3 is 2.79 bits per heavy atom. The molecule has 0 saturated carbocycles. The van der Waals surface area contributed by atoms with Gasteiger partial charge in [0.2, 0.25) is 0 Å². The SMILES string of the molecule is CC[C@H]1N=Cc2cc(Cl)c(OCCOC)cc2[C@@H]1C. The zero-order chi connectivity index (χ0) is 13.8. The van der Waals surface area contributed by atoms with Gasteiger partial charge in [-0.05, 0) is 29.7 Å². The molecule has 4 heteroatoms. The van der Waals surface area contributed by atoms with Gasteiger partial charge >= 0.3 is 0 Å². The van der Waals surface area contributed by atoms with Crippen molar-refractivity contribution in [3.8, 4) is 5.75 Å². The molecule has 0 aromatic heterocycles. The van der Waals surface area contributed by atoms with Crippen LogP contribution in [0.25, 0.3) is 0 Å². The van der Waals surface area contributed by atoms with Gasteiger partial charge in [0.25, 0.3) is 0 Å². The molecule has 0 unspecified atom stereocenters. The Hall–Kier alpha value is -1.06. The summed E-state index contributed by atoms with van der Waals surface area (Å²) in [6, 6.07) is 4.33. The van der Waals surface area contributed by atoms with E-state index in [0.29, 0.717) is 30.2 Å². The van der Waals surface area contributed by atoms with Crippen LogP contribution in [0.15, 0.2) is 17.1 Å². The Bertz CT molecular complexity index is 473. The normalized spacial score (nSPS) is 21.3. The first-order valence-corrected chi connectivity index (χ1v) is 7.03. The van der Waals surface area contributed by atoms with E-state index in [1.807, 2.05) is 18.3 Å². The number of ether oxygens (including phenoxy) is 2. The third-order valence-electron chi connectivity index (χ3n) is 3.57. The van der Waals surface area contributed by atoms with Crippen LogP contribution in [0.5, 0.6) is 5.75 Å². The van der Waals surface area contributed by atoms with Crippen LogP contribution in [-0.2, 0) is 4.74 Å². The fourth-order valence-electron chi connectivity index (χ4n) is 2.41. The predicted molar refractivity (Wildman–Crippen MR) is 78.9 cm³/mol. The van der Waals surface area contributed by atoms with Crippen molar-refractivity contribution in [3.63, 3.8) is 0 Å². The lowest BCUT2D eigenvalue weighted by Crippen LogP contribution is -2.19. The second-order valence-electron chi connectivity index (χ2n) is 4.80. The topological polar surface area (TPSA) is 30.8 Å². The van der Waals surface area contributed by atoms with E-state index in [1.165, 1.54) is 5.56 Å². The molecule has 1 heterocycles. The van der Waals surface area contributed by atoms with E-state index in [0.717, 1.165) is 17.7 Å². The van der Waals surface area contributed by atoms with Crippen LogP contribution in [0.1, 0.15) is 37.3 Å². The standard InChI is InChI=1S/C15H20ClNO2/c1-4-14-10(2)12-8-15(19-6-5-18-3)13(16)7-11(12)9-17-14/h7-10,14H,4-6H2,1-3H3/t10-,14+/m0/s1. The molecule has 1 aliphatic rings. The number of nitrogens with zero attached hydrogens (tertiary/aromatic N) is 1. The average molecular weight is 282 g/mol. The predicted octanol–water partition coefficient (Wildman–Crippen LogP) is 3.68. The van der Waals surface area contributed by atoms with Crippen molar-refractivity contribution in [3.05, 3.63) is 28.3 Å². The highest BCUT2D eigenvalue weighted by atomic mass is 35.5. The van der Waals surface area contributed by atoms with Gasteiger partial charge < -0.3 is 9.47 Å². The van der Waals surface area contributed by atoms with Gasteiger partial charge in [-0.1, -0.05) is 25.4 Å². The van der Waals surface area contributed by atoms with E-state index in [9.17, 15) is 0 Å². The highest BCUT2D eigenvalue weighted by molar-refractivity contribution is 6.32. The largest absolute Gasteiger partial charge is 0.490 e. The van der Waals surface area contributed by atoms with Gasteiger partial charge in [-0.15, -0.1) is 0 Å². The third kappa shape index (κ3) is 3.10. The number of benzene rings is 1. The molecule has 0 bridgehead atoms. The van der Waals surface area contributed by atoms with Gasteiger partial charge in [0, 0.05) is 19.2 Å². The molecule has 2 atom stereocenters. The molecule has 3 nitrogen and oxygen atoms in total. The molecular weight excluding hydrogens is 262 g/mol. The molecule has 0 N–H and O–H groups in total. The zero-order valence-corrected chi connectivity index (χ0v) is 12.4. The highest BCUT2D eigenvalue weighted by Crippen LogP contribution is 2.36. The van der Waals surface area contributed by atoms with Crippen LogP contribution in [0.3, 0.4) is 0 Å². The first-order chi connectivity index (χ1) is 9.17. The molecule has 0 radical (unpaired) electrons. The summed E-state index contributed by atoms with van der Waals surface area (Å²) in [6.45, 7) is 5.43. The first kappa shape index (κ1) is 14.4. The number of halogens is 1. The van der Waals surface area contributed by atoms with Gasteiger partial charge in [-0.3, -0.25) is 4.99 Å². The molecule has 1 aromatic rings. The van der Waals surface area contributed by atoms with Crippen molar-refractivity contribution >= 4 is 17.8 Å². The summed E-state index contributed by atoms with van der Waals surface area (Å²) in [6.07, 6.45) is 2.97. The summed E-state index contributed by atoms with van der Waals surface area (Å²) in [5.74, 6) is 1.13. The molecule has 19 heavy (non-hydrogen) atoms. The molecule has 0 fully saturated rings. The van der Waals surface area contributed by atoms with Crippen LogP contribution >= 0.6 is 11.6 Å². The number of rotatable bonds is 5. The fraction of sp³-hybridized carbons (Fsp3) is 0.533. The average Bonchev–Trinajstić information content (AvgIpc) is 2.41. The third-order valence-corrected chi connectivity index (χ3v) is 3.87. The van der Waals surface area contributed by atoms with E-state index in [-0.39, 0.29) is 0 Å². The Kier molecular flexibility index (Phi) is 4.83. The molecule has 0 spiro atoms. The Morgan fingerprint density at radius 1 is 1.32 bits per heavy atom. The van der Waals surface area contributed by atoms with Gasteiger partial charge in [0.15, 0.2) is 0 Å². The fourth-order valence-corrected chi connectivity index (χ4v) is 2.63. The summed E-state index contributed by atoms with van der Waals surface area (Å²) in [7, 11) is 1.65. The van der Waals surface area contributed by atoms with Crippen LogP contribution in [-0.4, -0.2) is 32.6 Å². The Labute approximate surface area is 119 Å². The lowest BCUT2D eigenvalue weighted by Gasteiger charge is -2.26. The molecule has 1 aliphatic heterocycles. The molecule has 0 amide bonds. The maximum atomic E-state index is 6.23. The number of hydrogen-bond acceptors (Lipinski definition) is 3. The van der Waals surface area contributed by atoms with Crippen molar-refractivity contribution in [1.82, 2.24) is 0 Å². The molecule has 0 saturated heterocycles. The van der Waals surface area contributed by atoms with Crippen LogP contribution < -0.4 is 4.74 Å². The van der Waals surface area contributed by atoms with Gasteiger partial charge in [0.1, 0.15) is 12.4 Å². The molecule has 104 valence electrons. The molecule has 2 rings (SSSR count). The smallest absolute Gasteiger partial charge is 0.138 e. The molecular formula is C15H20ClNO2. The maximum absolute atomic E-state index is 6.23. The molecule has 0 aliphatic carbocycles. The summed E-state index contributed by atoms with van der Waals surface area (Å²) in [4.78, 5) is 4.57. The Morgan fingerprint density at radius 2 is 2.11 bits per heavy atom. The van der Waals surface area contributed by atoms with Crippen molar-refractivity contribution in [2.45, 2.75) is 32.2 Å². The van der Waals surface area contributed by atoms with Crippen LogP contribution in [0.2, 0.25) is 5.02 Å². The summed E-state index contributed by atoms with van der Waals surface area (Å²) >= 11 is 6.23. The number of fused-ring (bicyclic) bond motifs is 1. The van der Waals surface area contributed by atoms with Crippen molar-refractivity contribution in [1.29, 1.82) is 0 Å². The van der Waals surface area contributed by atoms with Crippen molar-refractivity contribution in [2.24, 2.45) is 4.99 Å². The van der Waals surface area contributed by atoms with E-state index in [2.05, 4.69) is 18.8 Å². The van der Waals surface area contributed by atoms with E-state index in [4.69, 9.17) is 21.1 Å². The monoisotopic (exact) mass is 281 g/mol. The highest BCUT2D eigenvalue weighted by Gasteiger charge is 2.23. The maximum Gasteiger partial charge on any atom is 0.138 e. The lowest BCUT2D eigenvalue weighted by atomic mass is 9.86. The quantitative estimate of drug-likeness (QED) is 0.771. The second kappa shape index (κ2) is 6.40. The Balaban J connectivity index is 2.26. The minimum atomic E-state index is 0.348. The zero-order valence-electron chi connectivity index (χ0n) is 11.6. The van der Waals surface area contributed by atoms with Crippen molar-refractivity contribution < 1.29 is 9.47 Å². The summed E-state index contributed by atoms with van der Waals surface area (Å²) in [5, 5.41) is 0.628. The van der Waals surface area contributed by atoms with Crippen molar-refractivity contribution in [2.75, 3.05) is 20.3 Å². The summed E-state index contributed by atoms with van der Waals surface area (Å²) in [5.41, 5.74) is 2.36. The summed E-state index contributed by atoms with van der Waals surface area (Å²) < 4.78 is 10.6.